The first kappa shape index (κ1) is 13.9. The Bertz CT molecular complexity index is 509. The van der Waals surface area contributed by atoms with Gasteiger partial charge in [0.1, 0.15) is 5.69 Å². The standard InChI is InChI=1S/C12H18N4O2S/c1-3-18-11(17)9-4-6-16(7-5-9)10-8(2)14-15-12(19)13-10/h9H,3-7H2,1-2H3,(H,13,15,19). The molecular formula is C12H18N4O2S. The summed E-state index contributed by atoms with van der Waals surface area (Å²) in [5, 5.41) is 6.79. The van der Waals surface area contributed by atoms with Gasteiger partial charge in [-0.2, -0.15) is 10.1 Å². The van der Waals surface area contributed by atoms with Gasteiger partial charge in [0.15, 0.2) is 5.82 Å². The number of ether oxygens (including phenoxy) is 1. The van der Waals surface area contributed by atoms with Crippen LogP contribution < -0.4 is 4.90 Å². The highest BCUT2D eigenvalue weighted by Crippen LogP contribution is 2.23. The Morgan fingerprint density at radius 3 is 2.84 bits per heavy atom. The fourth-order valence-electron chi connectivity index (χ4n) is 2.27. The highest BCUT2D eigenvalue weighted by molar-refractivity contribution is 7.71. The molecule has 1 fully saturated rings. The summed E-state index contributed by atoms with van der Waals surface area (Å²) in [7, 11) is 0. The van der Waals surface area contributed by atoms with Crippen molar-refractivity contribution in [1.29, 1.82) is 0 Å². The number of aromatic amines is 1. The molecule has 0 unspecified atom stereocenters. The molecule has 0 saturated carbocycles. The molecule has 0 aromatic carbocycles. The number of aryl methyl sites for hydroxylation is 1. The van der Waals surface area contributed by atoms with Crippen molar-refractivity contribution in [3.05, 3.63) is 10.5 Å². The van der Waals surface area contributed by atoms with Crippen LogP contribution in [0.25, 0.3) is 0 Å². The minimum Gasteiger partial charge on any atom is -0.466 e. The highest BCUT2D eigenvalue weighted by atomic mass is 32.1. The van der Waals surface area contributed by atoms with Crippen molar-refractivity contribution < 1.29 is 9.53 Å². The second kappa shape index (κ2) is 6.10. The van der Waals surface area contributed by atoms with Crippen LogP contribution >= 0.6 is 12.2 Å². The number of carbonyl (C=O) groups is 1. The van der Waals surface area contributed by atoms with E-state index in [1.807, 2.05) is 13.8 Å². The molecule has 0 atom stereocenters. The van der Waals surface area contributed by atoms with Gasteiger partial charge in [-0.25, -0.2) is 0 Å². The first-order valence-electron chi connectivity index (χ1n) is 6.46. The molecule has 0 radical (unpaired) electrons. The average Bonchev–Trinajstić information content (AvgIpc) is 2.42. The van der Waals surface area contributed by atoms with Gasteiger partial charge in [0.2, 0.25) is 4.77 Å². The van der Waals surface area contributed by atoms with Crippen molar-refractivity contribution >= 4 is 24.0 Å². The maximum absolute atomic E-state index is 11.7. The lowest BCUT2D eigenvalue weighted by atomic mass is 9.97. The minimum absolute atomic E-state index is 0.00251. The van der Waals surface area contributed by atoms with E-state index in [0.717, 1.165) is 37.4 Å². The normalized spacial score (nSPS) is 16.4. The third-order valence-electron chi connectivity index (χ3n) is 3.26. The third kappa shape index (κ3) is 3.28. The summed E-state index contributed by atoms with van der Waals surface area (Å²) < 4.78 is 5.44. The van der Waals surface area contributed by atoms with E-state index in [4.69, 9.17) is 17.0 Å². The Morgan fingerprint density at radius 1 is 1.53 bits per heavy atom. The summed E-state index contributed by atoms with van der Waals surface area (Å²) in [6.07, 6.45) is 1.57. The summed E-state index contributed by atoms with van der Waals surface area (Å²) in [5.74, 6) is 0.726. The molecule has 1 aromatic heterocycles. The van der Waals surface area contributed by atoms with Gasteiger partial charge in [-0.1, -0.05) is 0 Å². The fourth-order valence-corrected chi connectivity index (χ4v) is 2.40. The van der Waals surface area contributed by atoms with E-state index in [1.165, 1.54) is 0 Å². The second-order valence-corrected chi connectivity index (χ2v) is 4.95. The van der Waals surface area contributed by atoms with Crippen LogP contribution in [-0.4, -0.2) is 40.8 Å². The van der Waals surface area contributed by atoms with Crippen LogP contribution in [0.5, 0.6) is 0 Å². The number of rotatable bonds is 3. The molecule has 0 aliphatic carbocycles. The number of H-pyrrole nitrogens is 1. The van der Waals surface area contributed by atoms with E-state index in [1.54, 1.807) is 0 Å². The van der Waals surface area contributed by atoms with Gasteiger partial charge in [-0.3, -0.25) is 9.89 Å². The number of hydrogen-bond donors (Lipinski definition) is 1. The van der Waals surface area contributed by atoms with Gasteiger partial charge in [0.05, 0.1) is 12.5 Å². The molecule has 6 nitrogen and oxygen atoms in total. The maximum atomic E-state index is 11.7. The molecular weight excluding hydrogens is 264 g/mol. The molecule has 1 aliphatic heterocycles. The molecule has 1 aromatic rings. The van der Waals surface area contributed by atoms with E-state index < -0.39 is 0 Å². The van der Waals surface area contributed by atoms with Crippen LogP contribution in [-0.2, 0) is 9.53 Å². The number of esters is 1. The third-order valence-corrected chi connectivity index (χ3v) is 3.45. The molecule has 104 valence electrons. The van der Waals surface area contributed by atoms with Gasteiger partial charge < -0.3 is 9.64 Å². The number of nitrogens with zero attached hydrogens (tertiary/aromatic N) is 3. The zero-order chi connectivity index (χ0) is 13.8. The molecule has 2 rings (SSSR count). The van der Waals surface area contributed by atoms with Crippen LogP contribution in [0.1, 0.15) is 25.5 Å². The van der Waals surface area contributed by atoms with Crippen LogP contribution in [0.2, 0.25) is 0 Å². The Morgan fingerprint density at radius 2 is 2.21 bits per heavy atom. The minimum atomic E-state index is -0.0877. The summed E-state index contributed by atoms with van der Waals surface area (Å²) in [6.45, 7) is 5.72. The number of aromatic nitrogens is 3. The zero-order valence-corrected chi connectivity index (χ0v) is 12.0. The number of carbonyl (C=O) groups excluding carboxylic acids is 1. The van der Waals surface area contributed by atoms with Crippen LogP contribution in [0.3, 0.4) is 0 Å². The number of anilines is 1. The van der Waals surface area contributed by atoms with Gasteiger partial charge in [0, 0.05) is 13.1 Å². The molecule has 1 aliphatic rings. The van der Waals surface area contributed by atoms with Crippen molar-refractivity contribution in [2.24, 2.45) is 5.92 Å². The Kier molecular flexibility index (Phi) is 4.47. The molecule has 1 N–H and O–H groups in total. The number of piperidine rings is 1. The smallest absolute Gasteiger partial charge is 0.309 e. The second-order valence-electron chi connectivity index (χ2n) is 4.56. The van der Waals surface area contributed by atoms with Crippen molar-refractivity contribution in [1.82, 2.24) is 15.2 Å². The first-order chi connectivity index (χ1) is 9.11. The Hall–Kier alpha value is -1.50. The summed E-state index contributed by atoms with van der Waals surface area (Å²) in [4.78, 5) is 18.1. The average molecular weight is 282 g/mol. The molecule has 0 bridgehead atoms. The molecule has 0 spiro atoms. The number of nitrogens with one attached hydrogen (secondary N) is 1. The topological polar surface area (TPSA) is 71.1 Å². The lowest BCUT2D eigenvalue weighted by Crippen LogP contribution is -2.38. The molecule has 19 heavy (non-hydrogen) atoms. The van der Waals surface area contributed by atoms with E-state index >= 15 is 0 Å². The maximum Gasteiger partial charge on any atom is 0.309 e. The van der Waals surface area contributed by atoms with Crippen molar-refractivity contribution in [2.45, 2.75) is 26.7 Å². The van der Waals surface area contributed by atoms with Crippen molar-refractivity contribution in [3.8, 4) is 0 Å². The van der Waals surface area contributed by atoms with Gasteiger partial charge in [-0.15, -0.1) is 0 Å². The predicted molar refractivity (Wildman–Crippen MR) is 73.5 cm³/mol. The zero-order valence-electron chi connectivity index (χ0n) is 11.2. The van der Waals surface area contributed by atoms with Crippen molar-refractivity contribution in [3.63, 3.8) is 0 Å². The van der Waals surface area contributed by atoms with E-state index in [9.17, 15) is 4.79 Å². The molecule has 2 heterocycles. The molecule has 7 heteroatoms. The van der Waals surface area contributed by atoms with Crippen LogP contribution in [0.15, 0.2) is 0 Å². The Labute approximate surface area is 117 Å². The van der Waals surface area contributed by atoms with E-state index in [2.05, 4.69) is 20.1 Å². The lowest BCUT2D eigenvalue weighted by Gasteiger charge is -2.32. The Balaban J connectivity index is 2.02. The van der Waals surface area contributed by atoms with Gasteiger partial charge in [0.25, 0.3) is 0 Å². The van der Waals surface area contributed by atoms with Crippen molar-refractivity contribution in [2.75, 3.05) is 24.6 Å². The molecule has 1 saturated heterocycles. The van der Waals surface area contributed by atoms with Crippen LogP contribution in [0, 0.1) is 17.6 Å². The van der Waals surface area contributed by atoms with Crippen LogP contribution in [0.4, 0.5) is 5.82 Å². The summed E-state index contributed by atoms with van der Waals surface area (Å²) >= 11 is 5.00. The first-order valence-corrected chi connectivity index (χ1v) is 6.87. The fraction of sp³-hybridized carbons (Fsp3) is 0.667. The number of hydrogen-bond acceptors (Lipinski definition) is 6. The highest BCUT2D eigenvalue weighted by Gasteiger charge is 2.27. The predicted octanol–water partition coefficient (Wildman–Crippen LogP) is 1.62. The quantitative estimate of drug-likeness (QED) is 0.671. The SMILES string of the molecule is CCOC(=O)C1CCN(c2nc(=S)[nH]nc2C)CC1. The summed E-state index contributed by atoms with van der Waals surface area (Å²) in [5.41, 5.74) is 0.822. The monoisotopic (exact) mass is 282 g/mol. The van der Waals surface area contributed by atoms with E-state index in [-0.39, 0.29) is 11.9 Å². The van der Waals surface area contributed by atoms with Gasteiger partial charge in [-0.05, 0) is 38.9 Å². The summed E-state index contributed by atoms with van der Waals surface area (Å²) in [6, 6.07) is 0. The lowest BCUT2D eigenvalue weighted by molar-refractivity contribution is -0.148. The van der Waals surface area contributed by atoms with Gasteiger partial charge >= 0.3 is 5.97 Å². The molecule has 0 amide bonds. The largest absolute Gasteiger partial charge is 0.466 e. The van der Waals surface area contributed by atoms with E-state index in [0.29, 0.717) is 11.4 Å².